The zero-order chi connectivity index (χ0) is 22.3. The lowest BCUT2D eigenvalue weighted by Crippen LogP contribution is -2.21. The number of hydrogen-bond acceptors (Lipinski definition) is 6. The molecule has 0 unspecified atom stereocenters. The largest absolute Gasteiger partial charge is 0.457 e. The Kier molecular flexibility index (Phi) is 5.19. The molecule has 7 nitrogen and oxygen atoms in total. The van der Waals surface area contributed by atoms with Gasteiger partial charge < -0.3 is 13.7 Å². The Hall–Kier alpha value is -3.74. The molecule has 0 amide bonds. The molecule has 0 atom stereocenters. The average molecular weight is 418 g/mol. The van der Waals surface area contributed by atoms with Crippen LogP contribution in [-0.2, 0) is 17.9 Å². The molecule has 158 valence electrons. The third-order valence-corrected chi connectivity index (χ3v) is 5.50. The molecule has 4 aromatic rings. The number of hydrogen-bond donors (Lipinski definition) is 0. The number of carbonyl (C=O) groups is 1. The fraction of sp³-hybridized carbons (Fsp3) is 0.250. The fourth-order valence-electron chi connectivity index (χ4n) is 3.61. The summed E-state index contributed by atoms with van der Waals surface area (Å²) in [6.45, 7) is 7.93. The van der Waals surface area contributed by atoms with E-state index in [0.29, 0.717) is 34.1 Å². The molecule has 0 aliphatic heterocycles. The first-order valence-electron chi connectivity index (χ1n) is 10.0. The van der Waals surface area contributed by atoms with Crippen molar-refractivity contribution in [1.82, 2.24) is 9.55 Å². The van der Waals surface area contributed by atoms with Gasteiger partial charge >= 0.3 is 11.6 Å². The van der Waals surface area contributed by atoms with Crippen molar-refractivity contribution in [3.63, 3.8) is 0 Å². The molecule has 7 heteroatoms. The van der Waals surface area contributed by atoms with Gasteiger partial charge in [0.1, 0.15) is 23.4 Å². The molecule has 0 aliphatic carbocycles. The van der Waals surface area contributed by atoms with Gasteiger partial charge in [-0.05, 0) is 51.0 Å². The predicted octanol–water partition coefficient (Wildman–Crippen LogP) is 3.81. The molecule has 0 aliphatic rings. The summed E-state index contributed by atoms with van der Waals surface area (Å²) in [5.74, 6) is -0.750. The summed E-state index contributed by atoms with van der Waals surface area (Å²) in [5.41, 5.74) is 3.13. The van der Waals surface area contributed by atoms with Gasteiger partial charge in [-0.25, -0.2) is 14.6 Å². The van der Waals surface area contributed by atoms with Crippen LogP contribution in [0.5, 0.6) is 0 Å². The van der Waals surface area contributed by atoms with Crippen LogP contribution in [0.2, 0.25) is 0 Å². The number of nitrogens with zero attached hydrogens (tertiary/aromatic N) is 2. The maximum absolute atomic E-state index is 12.9. The van der Waals surface area contributed by atoms with Crippen LogP contribution < -0.4 is 11.1 Å². The van der Waals surface area contributed by atoms with E-state index in [1.165, 1.54) is 12.3 Å². The highest BCUT2D eigenvalue weighted by Crippen LogP contribution is 2.24. The van der Waals surface area contributed by atoms with Crippen LogP contribution in [0, 0.1) is 20.8 Å². The highest BCUT2D eigenvalue weighted by atomic mass is 16.5. The van der Waals surface area contributed by atoms with E-state index in [0.717, 1.165) is 16.8 Å². The van der Waals surface area contributed by atoms with Gasteiger partial charge in [0, 0.05) is 35.5 Å². The van der Waals surface area contributed by atoms with Gasteiger partial charge in [-0.15, -0.1) is 0 Å². The molecule has 3 aromatic heterocycles. The van der Waals surface area contributed by atoms with Crippen molar-refractivity contribution in [2.45, 2.75) is 40.8 Å². The monoisotopic (exact) mass is 418 g/mol. The van der Waals surface area contributed by atoms with Crippen LogP contribution in [0.25, 0.3) is 22.0 Å². The van der Waals surface area contributed by atoms with Crippen molar-refractivity contribution in [3.8, 4) is 0 Å². The van der Waals surface area contributed by atoms with E-state index in [9.17, 15) is 14.4 Å². The van der Waals surface area contributed by atoms with Gasteiger partial charge in [-0.3, -0.25) is 4.79 Å². The number of rotatable bonds is 4. The Morgan fingerprint density at radius 3 is 2.58 bits per heavy atom. The van der Waals surface area contributed by atoms with E-state index < -0.39 is 17.0 Å². The number of esters is 1. The maximum atomic E-state index is 12.9. The van der Waals surface area contributed by atoms with Gasteiger partial charge in [0.15, 0.2) is 0 Å². The van der Waals surface area contributed by atoms with E-state index in [1.54, 1.807) is 16.7 Å². The SMILES string of the molecule is CCn1cc(C(=O)OCc2cc(=O)oc3c(C)c(C)ccc23)c(=O)c2ccc(C)nc21. The van der Waals surface area contributed by atoms with Gasteiger partial charge in [-0.1, -0.05) is 12.1 Å². The minimum Gasteiger partial charge on any atom is -0.457 e. The molecule has 0 saturated heterocycles. The zero-order valence-electron chi connectivity index (χ0n) is 17.8. The normalized spacial score (nSPS) is 11.2. The lowest BCUT2D eigenvalue weighted by molar-refractivity contribution is 0.0471. The third kappa shape index (κ3) is 3.63. The Morgan fingerprint density at radius 2 is 1.84 bits per heavy atom. The quantitative estimate of drug-likeness (QED) is 0.370. The van der Waals surface area contributed by atoms with Crippen LogP contribution in [0.3, 0.4) is 0 Å². The molecule has 0 spiro atoms. The number of fused-ring (bicyclic) bond motifs is 2. The summed E-state index contributed by atoms with van der Waals surface area (Å²) in [7, 11) is 0. The molecule has 0 radical (unpaired) electrons. The number of benzene rings is 1. The van der Waals surface area contributed by atoms with E-state index in [4.69, 9.17) is 9.15 Å². The standard InChI is InChI=1S/C24H22N2O5/c1-5-26-11-19(21(28)18-9-7-14(3)25-23(18)26)24(29)30-12-16-10-20(27)31-22-15(4)13(2)6-8-17(16)22/h6-11H,5,12H2,1-4H3. The summed E-state index contributed by atoms with van der Waals surface area (Å²) in [4.78, 5) is 42.1. The second-order valence-electron chi connectivity index (χ2n) is 7.53. The molecule has 0 saturated carbocycles. The average Bonchev–Trinajstić information content (AvgIpc) is 2.75. The highest BCUT2D eigenvalue weighted by Gasteiger charge is 2.18. The summed E-state index contributed by atoms with van der Waals surface area (Å²) in [5, 5.41) is 1.05. The van der Waals surface area contributed by atoms with E-state index in [-0.39, 0.29) is 12.2 Å². The Bertz CT molecular complexity index is 1460. The number of aryl methyl sites for hydroxylation is 4. The first kappa shape index (κ1) is 20.5. The molecule has 1 aromatic carbocycles. The predicted molar refractivity (Wildman–Crippen MR) is 117 cm³/mol. The van der Waals surface area contributed by atoms with E-state index in [1.807, 2.05) is 39.8 Å². The summed E-state index contributed by atoms with van der Waals surface area (Å²) < 4.78 is 12.6. The van der Waals surface area contributed by atoms with Gasteiger partial charge in [0.25, 0.3) is 0 Å². The minimum atomic E-state index is -0.750. The van der Waals surface area contributed by atoms with E-state index >= 15 is 0 Å². The molecule has 0 N–H and O–H groups in total. The molecular formula is C24H22N2O5. The lowest BCUT2D eigenvalue weighted by Gasteiger charge is -2.12. The van der Waals surface area contributed by atoms with E-state index in [2.05, 4.69) is 4.98 Å². The summed E-state index contributed by atoms with van der Waals surface area (Å²) in [6.07, 6.45) is 1.48. The number of carbonyl (C=O) groups excluding carboxylic acids is 1. The first-order valence-corrected chi connectivity index (χ1v) is 10.0. The van der Waals surface area contributed by atoms with Gasteiger partial charge in [0.05, 0.1) is 5.39 Å². The van der Waals surface area contributed by atoms with Crippen LogP contribution in [-0.4, -0.2) is 15.5 Å². The van der Waals surface area contributed by atoms with Crippen molar-refractivity contribution < 1.29 is 13.9 Å². The minimum absolute atomic E-state index is 0.0701. The van der Waals surface area contributed by atoms with Crippen molar-refractivity contribution >= 4 is 28.0 Å². The molecule has 3 heterocycles. The molecule has 0 bridgehead atoms. The lowest BCUT2D eigenvalue weighted by atomic mass is 10.0. The molecular weight excluding hydrogens is 396 g/mol. The van der Waals surface area contributed by atoms with Crippen LogP contribution in [0.4, 0.5) is 0 Å². The second kappa shape index (κ2) is 7.83. The van der Waals surface area contributed by atoms with Crippen LogP contribution in [0.15, 0.2) is 50.5 Å². The topological polar surface area (TPSA) is 91.4 Å². The Labute approximate surface area is 177 Å². The van der Waals surface area contributed by atoms with Crippen molar-refractivity contribution in [1.29, 1.82) is 0 Å². The van der Waals surface area contributed by atoms with Gasteiger partial charge in [0.2, 0.25) is 5.43 Å². The van der Waals surface area contributed by atoms with Gasteiger partial charge in [-0.2, -0.15) is 0 Å². The number of pyridine rings is 2. The van der Waals surface area contributed by atoms with Crippen molar-refractivity contribution in [3.05, 3.63) is 85.1 Å². The zero-order valence-corrected chi connectivity index (χ0v) is 17.8. The highest BCUT2D eigenvalue weighted by molar-refractivity contribution is 5.93. The molecule has 0 fully saturated rings. The van der Waals surface area contributed by atoms with Crippen molar-refractivity contribution in [2.75, 3.05) is 0 Å². The third-order valence-electron chi connectivity index (χ3n) is 5.50. The Morgan fingerprint density at radius 1 is 1.10 bits per heavy atom. The van der Waals surface area contributed by atoms with Crippen LogP contribution in [0.1, 0.15) is 39.7 Å². The fourth-order valence-corrected chi connectivity index (χ4v) is 3.61. The smallest absolute Gasteiger partial charge is 0.344 e. The number of ether oxygens (including phenoxy) is 1. The number of aromatic nitrogens is 2. The summed E-state index contributed by atoms with van der Waals surface area (Å²) in [6, 6.07) is 8.46. The molecule has 4 rings (SSSR count). The second-order valence-corrected chi connectivity index (χ2v) is 7.53. The maximum Gasteiger partial charge on any atom is 0.344 e. The Balaban J connectivity index is 1.72. The summed E-state index contributed by atoms with van der Waals surface area (Å²) >= 11 is 0. The van der Waals surface area contributed by atoms with Crippen molar-refractivity contribution in [2.24, 2.45) is 0 Å². The first-order chi connectivity index (χ1) is 14.8. The molecule has 31 heavy (non-hydrogen) atoms. The van der Waals surface area contributed by atoms with Crippen LogP contribution >= 0.6 is 0 Å².